The van der Waals surface area contributed by atoms with Crippen molar-refractivity contribution in [3.63, 3.8) is 0 Å². The number of hydrogen-bond donors (Lipinski definition) is 2. The summed E-state index contributed by atoms with van der Waals surface area (Å²) in [5, 5.41) is 0. The Labute approximate surface area is 77.3 Å². The number of nitrogens with two attached hydrogens (primary N) is 2. The molecule has 0 radical (unpaired) electrons. The molecular formula is C9H14N2S. The zero-order valence-corrected chi connectivity index (χ0v) is 7.97. The normalized spacial score (nSPS) is 12.9. The third-order valence-corrected chi connectivity index (χ3v) is 2.50. The molecular weight excluding hydrogens is 168 g/mol. The largest absolute Gasteiger partial charge is 0.329 e. The molecule has 0 spiro atoms. The molecule has 1 unspecified atom stereocenters. The molecule has 66 valence electrons. The molecule has 0 saturated carbocycles. The lowest BCUT2D eigenvalue weighted by atomic mass is 10.1. The van der Waals surface area contributed by atoms with Crippen LogP contribution in [0.15, 0.2) is 29.2 Å². The van der Waals surface area contributed by atoms with Crippen molar-refractivity contribution in [2.45, 2.75) is 10.9 Å². The SMILES string of the molecule is CSc1cccc(C(N)CN)c1. The summed E-state index contributed by atoms with van der Waals surface area (Å²) in [5.41, 5.74) is 12.4. The van der Waals surface area contributed by atoms with Crippen LogP contribution in [0.25, 0.3) is 0 Å². The van der Waals surface area contributed by atoms with Gasteiger partial charge in [0.15, 0.2) is 0 Å². The second-order valence-corrected chi connectivity index (χ2v) is 3.50. The fourth-order valence-corrected chi connectivity index (χ4v) is 1.48. The van der Waals surface area contributed by atoms with E-state index in [1.165, 1.54) is 4.90 Å². The Morgan fingerprint density at radius 2 is 2.25 bits per heavy atom. The molecule has 0 fully saturated rings. The van der Waals surface area contributed by atoms with Gasteiger partial charge in [0.25, 0.3) is 0 Å². The molecule has 0 aliphatic carbocycles. The lowest BCUT2D eigenvalue weighted by Crippen LogP contribution is -2.20. The van der Waals surface area contributed by atoms with Gasteiger partial charge in [0.1, 0.15) is 0 Å². The maximum Gasteiger partial charge on any atom is 0.0419 e. The minimum absolute atomic E-state index is 0.0305. The number of thioether (sulfide) groups is 1. The predicted molar refractivity (Wildman–Crippen MR) is 54.2 cm³/mol. The van der Waals surface area contributed by atoms with Crippen LogP contribution in [0.2, 0.25) is 0 Å². The van der Waals surface area contributed by atoms with Gasteiger partial charge in [-0.15, -0.1) is 11.8 Å². The van der Waals surface area contributed by atoms with Gasteiger partial charge >= 0.3 is 0 Å². The van der Waals surface area contributed by atoms with Crippen LogP contribution in [0.1, 0.15) is 11.6 Å². The highest BCUT2D eigenvalue weighted by Crippen LogP contribution is 2.18. The molecule has 0 amide bonds. The van der Waals surface area contributed by atoms with E-state index < -0.39 is 0 Å². The van der Waals surface area contributed by atoms with Crippen molar-refractivity contribution in [1.82, 2.24) is 0 Å². The fourth-order valence-electron chi connectivity index (χ4n) is 1.01. The Morgan fingerprint density at radius 1 is 1.50 bits per heavy atom. The van der Waals surface area contributed by atoms with Crippen molar-refractivity contribution in [2.75, 3.05) is 12.8 Å². The Balaban J connectivity index is 2.86. The summed E-state index contributed by atoms with van der Waals surface area (Å²) < 4.78 is 0. The quantitative estimate of drug-likeness (QED) is 0.694. The first-order chi connectivity index (χ1) is 5.77. The molecule has 2 nitrogen and oxygen atoms in total. The van der Waals surface area contributed by atoms with Crippen molar-refractivity contribution in [3.05, 3.63) is 29.8 Å². The van der Waals surface area contributed by atoms with Gasteiger partial charge in [0.2, 0.25) is 0 Å². The minimum Gasteiger partial charge on any atom is -0.329 e. The minimum atomic E-state index is -0.0305. The summed E-state index contributed by atoms with van der Waals surface area (Å²) in [5.74, 6) is 0. The zero-order chi connectivity index (χ0) is 8.97. The number of rotatable bonds is 3. The molecule has 0 heterocycles. The number of hydrogen-bond acceptors (Lipinski definition) is 3. The van der Waals surface area contributed by atoms with Gasteiger partial charge in [-0.25, -0.2) is 0 Å². The summed E-state index contributed by atoms with van der Waals surface area (Å²) >= 11 is 1.71. The molecule has 12 heavy (non-hydrogen) atoms. The van der Waals surface area contributed by atoms with E-state index in [4.69, 9.17) is 11.5 Å². The summed E-state index contributed by atoms with van der Waals surface area (Å²) in [6.45, 7) is 0.498. The fraction of sp³-hybridized carbons (Fsp3) is 0.333. The first-order valence-electron chi connectivity index (χ1n) is 3.87. The van der Waals surface area contributed by atoms with Crippen molar-refractivity contribution in [2.24, 2.45) is 11.5 Å². The third-order valence-electron chi connectivity index (χ3n) is 1.78. The highest BCUT2D eigenvalue weighted by Gasteiger charge is 2.02. The second kappa shape index (κ2) is 4.50. The maximum absolute atomic E-state index is 5.78. The molecule has 0 bridgehead atoms. The summed E-state index contributed by atoms with van der Waals surface area (Å²) in [7, 11) is 0. The summed E-state index contributed by atoms with van der Waals surface area (Å²) in [4.78, 5) is 1.23. The van der Waals surface area contributed by atoms with E-state index in [9.17, 15) is 0 Å². The Hall–Kier alpha value is -0.510. The van der Waals surface area contributed by atoms with E-state index in [2.05, 4.69) is 12.1 Å². The molecule has 3 heteroatoms. The van der Waals surface area contributed by atoms with Crippen molar-refractivity contribution in [3.8, 4) is 0 Å². The van der Waals surface area contributed by atoms with Crippen LogP contribution in [0.3, 0.4) is 0 Å². The highest BCUT2D eigenvalue weighted by atomic mass is 32.2. The van der Waals surface area contributed by atoms with Crippen LogP contribution in [0, 0.1) is 0 Å². The van der Waals surface area contributed by atoms with Crippen LogP contribution in [-0.4, -0.2) is 12.8 Å². The van der Waals surface area contributed by atoms with Gasteiger partial charge in [-0.2, -0.15) is 0 Å². The average molecular weight is 182 g/mol. The van der Waals surface area contributed by atoms with Gasteiger partial charge in [-0.1, -0.05) is 12.1 Å². The van der Waals surface area contributed by atoms with E-state index in [0.29, 0.717) is 6.54 Å². The molecule has 0 aromatic heterocycles. The van der Waals surface area contributed by atoms with E-state index in [1.807, 2.05) is 18.4 Å². The molecule has 1 atom stereocenters. The van der Waals surface area contributed by atoms with Gasteiger partial charge < -0.3 is 11.5 Å². The van der Waals surface area contributed by atoms with Crippen molar-refractivity contribution in [1.29, 1.82) is 0 Å². The lowest BCUT2D eigenvalue weighted by molar-refractivity contribution is 0.735. The van der Waals surface area contributed by atoms with Gasteiger partial charge in [0, 0.05) is 17.5 Å². The monoisotopic (exact) mass is 182 g/mol. The topological polar surface area (TPSA) is 52.0 Å². The van der Waals surface area contributed by atoms with Crippen molar-refractivity contribution >= 4 is 11.8 Å². The average Bonchev–Trinajstić information content (AvgIpc) is 2.17. The van der Waals surface area contributed by atoms with Crippen molar-refractivity contribution < 1.29 is 0 Å². The van der Waals surface area contributed by atoms with Crippen LogP contribution in [-0.2, 0) is 0 Å². The summed E-state index contributed by atoms with van der Waals surface area (Å²) in [6.07, 6.45) is 2.05. The Morgan fingerprint density at radius 3 is 2.83 bits per heavy atom. The molecule has 1 aromatic carbocycles. The van der Waals surface area contributed by atoms with Gasteiger partial charge in [0.05, 0.1) is 0 Å². The van der Waals surface area contributed by atoms with Crippen LogP contribution >= 0.6 is 11.8 Å². The molecule has 4 N–H and O–H groups in total. The molecule has 0 aliphatic rings. The molecule has 1 rings (SSSR count). The zero-order valence-electron chi connectivity index (χ0n) is 7.16. The standard InChI is InChI=1S/C9H14N2S/c1-12-8-4-2-3-7(5-8)9(11)6-10/h2-5,9H,6,10-11H2,1H3. The molecule has 0 saturated heterocycles. The summed E-state index contributed by atoms with van der Waals surface area (Å²) in [6, 6.07) is 8.14. The molecule has 0 aliphatic heterocycles. The van der Waals surface area contributed by atoms with E-state index >= 15 is 0 Å². The van der Waals surface area contributed by atoms with Crippen LogP contribution < -0.4 is 11.5 Å². The number of benzene rings is 1. The smallest absolute Gasteiger partial charge is 0.0419 e. The lowest BCUT2D eigenvalue weighted by Gasteiger charge is -2.09. The second-order valence-electron chi connectivity index (χ2n) is 2.62. The predicted octanol–water partition coefficient (Wildman–Crippen LogP) is 1.37. The van der Waals surface area contributed by atoms with Gasteiger partial charge in [-0.3, -0.25) is 0 Å². The first-order valence-corrected chi connectivity index (χ1v) is 5.10. The van der Waals surface area contributed by atoms with Gasteiger partial charge in [-0.05, 0) is 24.0 Å². The van der Waals surface area contributed by atoms with E-state index in [-0.39, 0.29) is 6.04 Å². The first kappa shape index (κ1) is 9.58. The van der Waals surface area contributed by atoms with E-state index in [0.717, 1.165) is 5.56 Å². The Bertz CT molecular complexity index is 250. The highest BCUT2D eigenvalue weighted by molar-refractivity contribution is 7.98. The maximum atomic E-state index is 5.78. The van der Waals surface area contributed by atoms with Crippen LogP contribution in [0.5, 0.6) is 0 Å². The molecule has 1 aromatic rings. The van der Waals surface area contributed by atoms with E-state index in [1.54, 1.807) is 11.8 Å². The third kappa shape index (κ3) is 2.24. The Kier molecular flexibility index (Phi) is 3.59. The van der Waals surface area contributed by atoms with Crippen LogP contribution in [0.4, 0.5) is 0 Å².